The van der Waals surface area contributed by atoms with Crippen LogP contribution in [-0.2, 0) is 0 Å². The molecular formula is C7H3Br2ClF2O. The van der Waals surface area contributed by atoms with Gasteiger partial charge in [0.1, 0.15) is 5.75 Å². The molecule has 13 heavy (non-hydrogen) atoms. The van der Waals surface area contributed by atoms with Gasteiger partial charge in [0, 0.05) is 4.47 Å². The molecule has 0 N–H and O–H groups in total. The zero-order chi connectivity index (χ0) is 10.0. The third-order valence-corrected chi connectivity index (χ3v) is 3.01. The van der Waals surface area contributed by atoms with Crippen molar-refractivity contribution in [1.82, 2.24) is 0 Å². The number of ether oxygens (including phenoxy) is 1. The molecule has 0 saturated heterocycles. The minimum atomic E-state index is -2.84. The highest BCUT2D eigenvalue weighted by Crippen LogP contribution is 2.34. The largest absolute Gasteiger partial charge is 0.434 e. The van der Waals surface area contributed by atoms with E-state index >= 15 is 0 Å². The molecule has 6 heteroatoms. The molecule has 0 heterocycles. The van der Waals surface area contributed by atoms with Crippen molar-refractivity contribution in [3.05, 3.63) is 26.1 Å². The van der Waals surface area contributed by atoms with Gasteiger partial charge in [-0.3, -0.25) is 0 Å². The molecule has 0 bridgehead atoms. The van der Waals surface area contributed by atoms with E-state index in [1.54, 1.807) is 0 Å². The topological polar surface area (TPSA) is 9.23 Å². The Morgan fingerprint density at radius 3 is 2.38 bits per heavy atom. The first-order chi connectivity index (χ1) is 6.00. The zero-order valence-corrected chi connectivity index (χ0v) is 9.96. The van der Waals surface area contributed by atoms with Gasteiger partial charge in [-0.25, -0.2) is 0 Å². The molecule has 0 atom stereocenters. The average Bonchev–Trinajstić information content (AvgIpc) is 1.99. The summed E-state index contributed by atoms with van der Waals surface area (Å²) >= 11 is 11.8. The van der Waals surface area contributed by atoms with Crippen LogP contribution in [0.4, 0.5) is 8.78 Å². The molecular weight excluding hydrogens is 333 g/mol. The lowest BCUT2D eigenvalue weighted by molar-refractivity contribution is -0.0503. The van der Waals surface area contributed by atoms with Gasteiger partial charge in [0.2, 0.25) is 0 Å². The second kappa shape index (κ2) is 4.57. The fraction of sp³-hybridized carbons (Fsp3) is 0.143. The summed E-state index contributed by atoms with van der Waals surface area (Å²) in [5.41, 5.74) is 0. The van der Waals surface area contributed by atoms with Crippen LogP contribution in [0.15, 0.2) is 21.1 Å². The molecule has 1 aromatic rings. The second-order valence-electron chi connectivity index (χ2n) is 2.08. The quantitative estimate of drug-likeness (QED) is 0.724. The summed E-state index contributed by atoms with van der Waals surface area (Å²) in [6.45, 7) is -2.84. The van der Waals surface area contributed by atoms with Crippen LogP contribution in [0.3, 0.4) is 0 Å². The van der Waals surface area contributed by atoms with E-state index in [0.717, 1.165) is 0 Å². The van der Waals surface area contributed by atoms with E-state index in [9.17, 15) is 8.78 Å². The summed E-state index contributed by atoms with van der Waals surface area (Å²) < 4.78 is 28.8. The molecule has 0 spiro atoms. The monoisotopic (exact) mass is 334 g/mol. The molecule has 0 aromatic heterocycles. The average molecular weight is 336 g/mol. The zero-order valence-electron chi connectivity index (χ0n) is 6.03. The molecule has 0 fully saturated rings. The molecule has 0 saturated carbocycles. The first kappa shape index (κ1) is 11.2. The van der Waals surface area contributed by atoms with Crippen molar-refractivity contribution in [2.24, 2.45) is 0 Å². The minimum Gasteiger partial charge on any atom is -0.434 e. The number of alkyl halides is 2. The maximum absolute atomic E-state index is 11.8. The fourth-order valence-electron chi connectivity index (χ4n) is 0.691. The fourth-order valence-corrected chi connectivity index (χ4v) is 1.75. The molecule has 0 radical (unpaired) electrons. The minimum absolute atomic E-state index is 0.0475. The van der Waals surface area contributed by atoms with Gasteiger partial charge in [0.15, 0.2) is 0 Å². The highest BCUT2D eigenvalue weighted by Gasteiger charge is 2.10. The van der Waals surface area contributed by atoms with Gasteiger partial charge in [-0.2, -0.15) is 8.78 Å². The number of halogens is 5. The number of rotatable bonds is 2. The van der Waals surface area contributed by atoms with E-state index in [-0.39, 0.29) is 5.75 Å². The lowest BCUT2D eigenvalue weighted by Crippen LogP contribution is -2.02. The van der Waals surface area contributed by atoms with Gasteiger partial charge in [0.05, 0.1) is 9.50 Å². The second-order valence-corrected chi connectivity index (χ2v) is 4.19. The molecule has 1 aromatic carbocycles. The molecule has 0 unspecified atom stereocenters. The van der Waals surface area contributed by atoms with Crippen LogP contribution in [0.5, 0.6) is 5.75 Å². The summed E-state index contributed by atoms with van der Waals surface area (Å²) in [5.74, 6) is 0.0475. The molecule has 0 aliphatic carbocycles. The third kappa shape index (κ3) is 3.07. The van der Waals surface area contributed by atoms with E-state index in [1.165, 1.54) is 12.1 Å². The number of benzene rings is 1. The smallest absolute Gasteiger partial charge is 0.387 e. The normalized spacial score (nSPS) is 10.6. The Hall–Kier alpha value is 0.130. The van der Waals surface area contributed by atoms with Crippen molar-refractivity contribution in [2.45, 2.75) is 6.61 Å². The standard InChI is InChI=1S/C7H3Br2ClF2O/c8-3-2-6(13-7(11)12)4(9)1-5(3)10/h1-2,7H. The van der Waals surface area contributed by atoms with Gasteiger partial charge in [-0.05, 0) is 44.0 Å². The van der Waals surface area contributed by atoms with E-state index in [0.29, 0.717) is 14.0 Å². The van der Waals surface area contributed by atoms with E-state index in [4.69, 9.17) is 11.6 Å². The lowest BCUT2D eigenvalue weighted by atomic mass is 10.3. The number of hydrogen-bond acceptors (Lipinski definition) is 1. The van der Waals surface area contributed by atoms with Crippen molar-refractivity contribution in [3.63, 3.8) is 0 Å². The highest BCUT2D eigenvalue weighted by atomic mass is 79.9. The molecule has 1 nitrogen and oxygen atoms in total. The van der Waals surface area contributed by atoms with Crippen LogP contribution >= 0.6 is 43.5 Å². The summed E-state index contributed by atoms with van der Waals surface area (Å²) in [5, 5.41) is 0.425. The van der Waals surface area contributed by atoms with Crippen LogP contribution in [0.25, 0.3) is 0 Å². The Kier molecular flexibility index (Phi) is 3.94. The van der Waals surface area contributed by atoms with E-state index in [1.807, 2.05) is 0 Å². The Bertz CT molecular complexity index is 320. The summed E-state index contributed by atoms with van der Waals surface area (Å²) in [7, 11) is 0. The van der Waals surface area contributed by atoms with Crippen molar-refractivity contribution in [3.8, 4) is 5.75 Å². The van der Waals surface area contributed by atoms with Gasteiger partial charge >= 0.3 is 6.61 Å². The summed E-state index contributed by atoms with van der Waals surface area (Å²) in [4.78, 5) is 0. The Morgan fingerprint density at radius 1 is 1.23 bits per heavy atom. The molecule has 0 aliphatic heterocycles. The predicted octanol–water partition coefficient (Wildman–Crippen LogP) is 4.47. The van der Waals surface area contributed by atoms with Crippen molar-refractivity contribution < 1.29 is 13.5 Å². The van der Waals surface area contributed by atoms with Gasteiger partial charge in [-0.1, -0.05) is 11.6 Å². The summed E-state index contributed by atoms with van der Waals surface area (Å²) in [6.07, 6.45) is 0. The van der Waals surface area contributed by atoms with Gasteiger partial charge < -0.3 is 4.74 Å². The van der Waals surface area contributed by atoms with E-state index < -0.39 is 6.61 Å². The highest BCUT2D eigenvalue weighted by molar-refractivity contribution is 9.11. The predicted molar refractivity (Wildman–Crippen MR) is 53.5 cm³/mol. The Labute approximate surface area is 95.3 Å². The number of hydrogen-bond donors (Lipinski definition) is 0. The van der Waals surface area contributed by atoms with Crippen molar-refractivity contribution in [1.29, 1.82) is 0 Å². The van der Waals surface area contributed by atoms with Crippen molar-refractivity contribution >= 4 is 43.5 Å². The van der Waals surface area contributed by atoms with Crippen molar-refractivity contribution in [2.75, 3.05) is 0 Å². The van der Waals surface area contributed by atoms with Crippen LogP contribution in [0.2, 0.25) is 5.02 Å². The Balaban J connectivity index is 3.01. The molecule has 1 rings (SSSR count). The first-order valence-corrected chi connectivity index (χ1v) is 5.06. The molecule has 0 aliphatic rings. The SMILES string of the molecule is FC(F)Oc1cc(Br)c(Cl)cc1Br. The maximum Gasteiger partial charge on any atom is 0.387 e. The third-order valence-electron chi connectivity index (χ3n) is 1.19. The van der Waals surface area contributed by atoms with E-state index in [2.05, 4.69) is 36.6 Å². The van der Waals surface area contributed by atoms with Crippen LogP contribution in [-0.4, -0.2) is 6.61 Å². The molecule has 72 valence electrons. The Morgan fingerprint density at radius 2 is 1.85 bits per heavy atom. The van der Waals surface area contributed by atoms with Crippen LogP contribution < -0.4 is 4.74 Å². The van der Waals surface area contributed by atoms with Gasteiger partial charge in [0.25, 0.3) is 0 Å². The molecule has 0 amide bonds. The van der Waals surface area contributed by atoms with Crippen LogP contribution in [0, 0.1) is 0 Å². The maximum atomic E-state index is 11.8. The first-order valence-electron chi connectivity index (χ1n) is 3.10. The lowest BCUT2D eigenvalue weighted by Gasteiger charge is -2.07. The van der Waals surface area contributed by atoms with Crippen LogP contribution in [0.1, 0.15) is 0 Å². The van der Waals surface area contributed by atoms with Gasteiger partial charge in [-0.15, -0.1) is 0 Å². The summed E-state index contributed by atoms with van der Waals surface area (Å²) in [6, 6.07) is 2.85.